The summed E-state index contributed by atoms with van der Waals surface area (Å²) in [5.74, 6) is 0.789. The van der Waals surface area contributed by atoms with Gasteiger partial charge in [-0.25, -0.2) is 4.98 Å². The van der Waals surface area contributed by atoms with Gasteiger partial charge in [0.25, 0.3) is 0 Å². The maximum Gasteiger partial charge on any atom is 0.155 e. The Morgan fingerprint density at radius 2 is 1.33 bits per heavy atom. The molecule has 0 spiro atoms. The first kappa shape index (κ1) is 17.2. The van der Waals surface area contributed by atoms with Crippen molar-refractivity contribution in [3.05, 3.63) is 84.7 Å². The summed E-state index contributed by atoms with van der Waals surface area (Å²) in [7, 11) is 0. The lowest BCUT2D eigenvalue weighted by Gasteiger charge is -2.24. The van der Waals surface area contributed by atoms with E-state index in [-0.39, 0.29) is 5.41 Å². The number of benzene rings is 3. The molecule has 134 valence electrons. The Hall–Kier alpha value is -3.20. The Labute approximate surface area is 160 Å². The molecule has 0 aliphatic carbocycles. The van der Waals surface area contributed by atoms with Crippen molar-refractivity contribution in [3.8, 4) is 33.6 Å². The second kappa shape index (κ2) is 6.84. The highest BCUT2D eigenvalue weighted by molar-refractivity contribution is 5.76. The van der Waals surface area contributed by atoms with E-state index in [0.29, 0.717) is 0 Å². The van der Waals surface area contributed by atoms with E-state index in [1.807, 2.05) is 6.07 Å². The molecule has 0 bridgehead atoms. The van der Waals surface area contributed by atoms with E-state index in [4.69, 9.17) is 0 Å². The molecule has 0 fully saturated rings. The fourth-order valence-corrected chi connectivity index (χ4v) is 3.40. The summed E-state index contributed by atoms with van der Waals surface area (Å²) in [6, 6.07) is 25.8. The van der Waals surface area contributed by atoms with Gasteiger partial charge in [-0.1, -0.05) is 87.5 Å². The highest BCUT2D eigenvalue weighted by Gasteiger charge is 2.20. The second-order valence-electron chi connectivity index (χ2n) is 7.79. The first-order chi connectivity index (χ1) is 13.0. The van der Waals surface area contributed by atoms with Crippen LogP contribution in [0.1, 0.15) is 26.3 Å². The molecule has 3 heteroatoms. The van der Waals surface area contributed by atoms with Crippen molar-refractivity contribution in [1.29, 1.82) is 0 Å². The van der Waals surface area contributed by atoms with Crippen LogP contribution in [0.25, 0.3) is 33.6 Å². The quantitative estimate of drug-likeness (QED) is 0.483. The molecule has 0 saturated heterocycles. The molecule has 4 aromatic rings. The zero-order valence-corrected chi connectivity index (χ0v) is 15.9. The van der Waals surface area contributed by atoms with Gasteiger partial charge in [0.1, 0.15) is 6.33 Å². The third-order valence-corrected chi connectivity index (χ3v) is 4.82. The molecule has 1 N–H and O–H groups in total. The van der Waals surface area contributed by atoms with Crippen LogP contribution in [-0.4, -0.2) is 15.2 Å². The molecule has 3 nitrogen and oxygen atoms in total. The maximum absolute atomic E-state index is 4.30. The van der Waals surface area contributed by atoms with Gasteiger partial charge in [0.2, 0.25) is 0 Å². The van der Waals surface area contributed by atoms with Crippen LogP contribution in [-0.2, 0) is 5.41 Å². The summed E-state index contributed by atoms with van der Waals surface area (Å²) in [4.78, 5) is 4.30. The molecule has 4 rings (SSSR count). The van der Waals surface area contributed by atoms with E-state index >= 15 is 0 Å². The Bertz CT molecular complexity index is 1030. The zero-order valence-electron chi connectivity index (χ0n) is 15.9. The van der Waals surface area contributed by atoms with Gasteiger partial charge in [0.05, 0.1) is 0 Å². The van der Waals surface area contributed by atoms with Crippen LogP contribution in [0.4, 0.5) is 0 Å². The standard InChI is InChI=1S/C24H23N3/c1-24(2,3)22-14-13-20(23-25-16-26-27-23)15-21(22)19-11-9-18(10-12-19)17-7-5-4-6-8-17/h4-16H,1-3H3,(H,25,26,27). The molecule has 1 heterocycles. The SMILES string of the molecule is CC(C)(C)c1ccc(-c2ncn[nH]2)cc1-c1ccc(-c2ccccc2)cc1. The average molecular weight is 353 g/mol. The van der Waals surface area contributed by atoms with Gasteiger partial charge in [0.15, 0.2) is 5.82 Å². The summed E-state index contributed by atoms with van der Waals surface area (Å²) >= 11 is 0. The number of rotatable bonds is 3. The predicted molar refractivity (Wildman–Crippen MR) is 111 cm³/mol. The number of nitrogens with one attached hydrogen (secondary N) is 1. The van der Waals surface area contributed by atoms with E-state index < -0.39 is 0 Å². The highest BCUT2D eigenvalue weighted by atomic mass is 15.2. The van der Waals surface area contributed by atoms with Crippen LogP contribution >= 0.6 is 0 Å². The first-order valence-corrected chi connectivity index (χ1v) is 9.18. The van der Waals surface area contributed by atoms with Crippen molar-refractivity contribution in [2.45, 2.75) is 26.2 Å². The summed E-state index contributed by atoms with van der Waals surface area (Å²) in [5.41, 5.74) is 7.31. The number of hydrogen-bond acceptors (Lipinski definition) is 2. The number of hydrogen-bond donors (Lipinski definition) is 1. The highest BCUT2D eigenvalue weighted by Crippen LogP contribution is 2.36. The smallest absolute Gasteiger partial charge is 0.155 e. The van der Waals surface area contributed by atoms with Crippen molar-refractivity contribution in [2.75, 3.05) is 0 Å². The molecule has 3 aromatic carbocycles. The summed E-state index contributed by atoms with van der Waals surface area (Å²) in [5, 5.41) is 6.94. The van der Waals surface area contributed by atoms with Crippen molar-refractivity contribution < 1.29 is 0 Å². The molecular formula is C24H23N3. The first-order valence-electron chi connectivity index (χ1n) is 9.18. The van der Waals surface area contributed by atoms with Crippen LogP contribution in [0.5, 0.6) is 0 Å². The number of aromatic amines is 1. The minimum absolute atomic E-state index is 0.0490. The molecule has 0 atom stereocenters. The van der Waals surface area contributed by atoms with Gasteiger partial charge in [-0.15, -0.1) is 0 Å². The van der Waals surface area contributed by atoms with Crippen LogP contribution in [0.15, 0.2) is 79.1 Å². The van der Waals surface area contributed by atoms with Crippen molar-refractivity contribution in [2.24, 2.45) is 0 Å². The normalized spacial score (nSPS) is 11.5. The Kier molecular flexibility index (Phi) is 4.36. The van der Waals surface area contributed by atoms with Gasteiger partial charge in [-0.2, -0.15) is 5.10 Å². The monoisotopic (exact) mass is 353 g/mol. The number of nitrogens with zero attached hydrogens (tertiary/aromatic N) is 2. The van der Waals surface area contributed by atoms with Crippen LogP contribution in [0.2, 0.25) is 0 Å². The number of H-pyrrole nitrogens is 1. The molecule has 27 heavy (non-hydrogen) atoms. The van der Waals surface area contributed by atoms with Crippen molar-refractivity contribution >= 4 is 0 Å². The van der Waals surface area contributed by atoms with Gasteiger partial charge in [-0.05, 0) is 39.3 Å². The lowest BCUT2D eigenvalue weighted by Crippen LogP contribution is -2.12. The van der Waals surface area contributed by atoms with Crippen LogP contribution in [0, 0.1) is 0 Å². The average Bonchev–Trinajstić information content (AvgIpc) is 3.22. The second-order valence-corrected chi connectivity index (χ2v) is 7.79. The summed E-state index contributed by atoms with van der Waals surface area (Å²) < 4.78 is 0. The van der Waals surface area contributed by atoms with Gasteiger partial charge >= 0.3 is 0 Å². The summed E-state index contributed by atoms with van der Waals surface area (Å²) in [6.07, 6.45) is 1.54. The van der Waals surface area contributed by atoms with E-state index in [9.17, 15) is 0 Å². The van der Waals surface area contributed by atoms with Crippen molar-refractivity contribution in [3.63, 3.8) is 0 Å². The van der Waals surface area contributed by atoms with Crippen LogP contribution < -0.4 is 0 Å². The largest absolute Gasteiger partial charge is 0.259 e. The molecule has 0 unspecified atom stereocenters. The maximum atomic E-state index is 4.30. The third kappa shape index (κ3) is 3.54. The van der Waals surface area contributed by atoms with E-state index in [1.54, 1.807) is 6.33 Å². The fraction of sp³-hybridized carbons (Fsp3) is 0.167. The Morgan fingerprint density at radius 1 is 0.704 bits per heavy atom. The fourth-order valence-electron chi connectivity index (χ4n) is 3.40. The molecule has 0 aliphatic heterocycles. The van der Waals surface area contributed by atoms with E-state index in [1.165, 1.54) is 27.8 Å². The molecule has 0 radical (unpaired) electrons. The minimum Gasteiger partial charge on any atom is -0.259 e. The van der Waals surface area contributed by atoms with Gasteiger partial charge < -0.3 is 0 Å². The molecule has 0 aliphatic rings. The molecule has 0 amide bonds. The third-order valence-electron chi connectivity index (χ3n) is 4.82. The van der Waals surface area contributed by atoms with Crippen molar-refractivity contribution in [1.82, 2.24) is 15.2 Å². The predicted octanol–water partition coefficient (Wildman–Crippen LogP) is 6.10. The topological polar surface area (TPSA) is 41.6 Å². The molecule has 0 saturated carbocycles. The number of aromatic nitrogens is 3. The molecule has 1 aromatic heterocycles. The lowest BCUT2D eigenvalue weighted by molar-refractivity contribution is 0.592. The zero-order chi connectivity index (χ0) is 18.9. The summed E-state index contributed by atoms with van der Waals surface area (Å²) in [6.45, 7) is 6.74. The van der Waals surface area contributed by atoms with Gasteiger partial charge in [0, 0.05) is 5.56 Å². The Morgan fingerprint density at radius 3 is 1.96 bits per heavy atom. The molecular weight excluding hydrogens is 330 g/mol. The van der Waals surface area contributed by atoms with Crippen LogP contribution in [0.3, 0.4) is 0 Å². The lowest BCUT2D eigenvalue weighted by atomic mass is 9.81. The van der Waals surface area contributed by atoms with E-state index in [0.717, 1.165) is 11.4 Å². The van der Waals surface area contributed by atoms with Gasteiger partial charge in [-0.3, -0.25) is 5.10 Å². The Balaban J connectivity index is 1.80. The minimum atomic E-state index is 0.0490. The van der Waals surface area contributed by atoms with E-state index in [2.05, 4.69) is 103 Å².